The zero-order valence-corrected chi connectivity index (χ0v) is 13.6. The normalized spacial score (nSPS) is 16.2. The summed E-state index contributed by atoms with van der Waals surface area (Å²) in [6.07, 6.45) is 0.357. The van der Waals surface area contributed by atoms with Gasteiger partial charge in [0, 0.05) is 5.56 Å². The van der Waals surface area contributed by atoms with E-state index < -0.39 is 65.3 Å². The molecular formula is C16H16F4O5. The van der Waals surface area contributed by atoms with Gasteiger partial charge in [0.25, 0.3) is 0 Å². The van der Waals surface area contributed by atoms with Crippen LogP contribution < -0.4 is 4.74 Å². The predicted molar refractivity (Wildman–Crippen MR) is 75.9 cm³/mol. The molecule has 0 bridgehead atoms. The Morgan fingerprint density at radius 1 is 1.08 bits per heavy atom. The van der Waals surface area contributed by atoms with Crippen molar-refractivity contribution in [3.05, 3.63) is 28.8 Å². The average Bonchev–Trinajstić information content (AvgIpc) is 2.61. The van der Waals surface area contributed by atoms with Gasteiger partial charge in [0.15, 0.2) is 17.5 Å². The summed E-state index contributed by atoms with van der Waals surface area (Å²) in [6.45, 7) is 1.91. The molecule has 0 amide bonds. The lowest BCUT2D eigenvalue weighted by Gasteiger charge is -2.33. The van der Waals surface area contributed by atoms with E-state index in [1.54, 1.807) is 0 Å². The highest BCUT2D eigenvalue weighted by Gasteiger charge is 2.46. The van der Waals surface area contributed by atoms with Crippen molar-refractivity contribution in [2.24, 2.45) is 5.41 Å². The summed E-state index contributed by atoms with van der Waals surface area (Å²) in [4.78, 5) is 23.5. The number of benzene rings is 1. The van der Waals surface area contributed by atoms with Crippen molar-refractivity contribution >= 4 is 12.1 Å². The number of esters is 1. The minimum absolute atomic E-state index is 0.154. The molecule has 0 spiro atoms. The van der Waals surface area contributed by atoms with Gasteiger partial charge in [-0.1, -0.05) is 19.8 Å². The van der Waals surface area contributed by atoms with Gasteiger partial charge < -0.3 is 14.2 Å². The third-order valence-electron chi connectivity index (χ3n) is 4.01. The highest BCUT2D eigenvalue weighted by molar-refractivity contribution is 5.81. The average molecular weight is 364 g/mol. The number of carbonyl (C=O) groups is 2. The van der Waals surface area contributed by atoms with E-state index in [1.165, 1.54) is 0 Å². The summed E-state index contributed by atoms with van der Waals surface area (Å²) in [5.74, 6) is -9.62. The van der Waals surface area contributed by atoms with Crippen molar-refractivity contribution in [1.82, 2.24) is 0 Å². The molecule has 1 aromatic carbocycles. The number of rotatable bonds is 5. The summed E-state index contributed by atoms with van der Waals surface area (Å²) in [5.41, 5.74) is -2.31. The maximum absolute atomic E-state index is 14.0. The monoisotopic (exact) mass is 364 g/mol. The Morgan fingerprint density at radius 3 is 2.24 bits per heavy atom. The molecule has 0 aliphatic carbocycles. The SMILES string of the molecule is CCCCC1(C(=O)Oc2c(F)c(C)c(F)c(F)c2F)COC(=O)OC1. The molecule has 0 saturated carbocycles. The number of carbonyl (C=O) groups excluding carboxylic acids is 2. The first-order valence-electron chi connectivity index (χ1n) is 7.58. The zero-order valence-electron chi connectivity index (χ0n) is 13.6. The lowest BCUT2D eigenvalue weighted by atomic mass is 9.84. The molecule has 1 heterocycles. The zero-order chi connectivity index (χ0) is 18.8. The number of ether oxygens (including phenoxy) is 3. The Morgan fingerprint density at radius 2 is 1.68 bits per heavy atom. The molecule has 0 atom stereocenters. The van der Waals surface area contributed by atoms with Gasteiger partial charge in [0.05, 0.1) is 0 Å². The van der Waals surface area contributed by atoms with Crippen LogP contribution in [0.3, 0.4) is 0 Å². The molecule has 5 nitrogen and oxygen atoms in total. The fourth-order valence-corrected chi connectivity index (χ4v) is 2.37. The number of unbranched alkanes of at least 4 members (excludes halogenated alkanes) is 1. The number of cyclic esters (lactones) is 2. The van der Waals surface area contributed by atoms with Gasteiger partial charge >= 0.3 is 12.1 Å². The lowest BCUT2D eigenvalue weighted by molar-refractivity contribution is -0.159. The van der Waals surface area contributed by atoms with E-state index in [-0.39, 0.29) is 6.42 Å². The topological polar surface area (TPSA) is 61.8 Å². The van der Waals surface area contributed by atoms with Crippen molar-refractivity contribution in [2.75, 3.05) is 13.2 Å². The van der Waals surface area contributed by atoms with E-state index in [2.05, 4.69) is 0 Å². The molecule has 0 N–H and O–H groups in total. The Bertz CT molecular complexity index is 665. The standard InChI is InChI=1S/C16H16F4O5/c1-3-4-5-16(6-23-15(22)24-7-16)14(21)25-13-10(18)8(2)9(17)11(19)12(13)20/h3-7H2,1-2H3. The highest BCUT2D eigenvalue weighted by Crippen LogP contribution is 2.35. The molecule has 2 rings (SSSR count). The maximum atomic E-state index is 14.0. The quantitative estimate of drug-likeness (QED) is 0.261. The van der Waals surface area contributed by atoms with E-state index >= 15 is 0 Å². The second-order valence-electron chi connectivity index (χ2n) is 5.81. The van der Waals surface area contributed by atoms with Crippen LogP contribution in [-0.4, -0.2) is 25.3 Å². The van der Waals surface area contributed by atoms with E-state index in [1.807, 2.05) is 6.92 Å². The van der Waals surface area contributed by atoms with Crippen LogP contribution in [0.4, 0.5) is 22.4 Å². The van der Waals surface area contributed by atoms with Gasteiger partial charge in [-0.15, -0.1) is 0 Å². The molecule has 0 unspecified atom stereocenters. The Kier molecular flexibility index (Phi) is 5.54. The van der Waals surface area contributed by atoms with Crippen LogP contribution in [0.2, 0.25) is 0 Å². The summed E-state index contributed by atoms with van der Waals surface area (Å²) < 4.78 is 68.7. The van der Waals surface area contributed by atoms with Crippen LogP contribution in [0.1, 0.15) is 31.7 Å². The molecule has 138 valence electrons. The van der Waals surface area contributed by atoms with Gasteiger partial charge in [-0.3, -0.25) is 4.79 Å². The first-order valence-corrected chi connectivity index (χ1v) is 7.58. The van der Waals surface area contributed by atoms with Gasteiger partial charge in [-0.25, -0.2) is 18.0 Å². The summed E-state index contributed by atoms with van der Waals surface area (Å²) in [6, 6.07) is 0. The van der Waals surface area contributed by atoms with Crippen molar-refractivity contribution in [3.8, 4) is 5.75 Å². The second kappa shape index (κ2) is 7.28. The maximum Gasteiger partial charge on any atom is 0.508 e. The number of halogens is 4. The molecule has 1 saturated heterocycles. The van der Waals surface area contributed by atoms with Crippen LogP contribution in [-0.2, 0) is 14.3 Å². The van der Waals surface area contributed by atoms with Crippen molar-refractivity contribution in [3.63, 3.8) is 0 Å². The molecule has 1 aliphatic heterocycles. The predicted octanol–water partition coefficient (Wildman–Crippen LogP) is 3.80. The molecule has 1 fully saturated rings. The fourth-order valence-electron chi connectivity index (χ4n) is 2.37. The summed E-state index contributed by atoms with van der Waals surface area (Å²) >= 11 is 0. The van der Waals surface area contributed by atoms with Crippen LogP contribution in [0.5, 0.6) is 5.75 Å². The van der Waals surface area contributed by atoms with Crippen LogP contribution in [0.25, 0.3) is 0 Å². The van der Waals surface area contributed by atoms with E-state index in [0.717, 1.165) is 6.92 Å². The first-order chi connectivity index (χ1) is 11.7. The minimum atomic E-state index is -1.95. The van der Waals surface area contributed by atoms with Gasteiger partial charge in [0.1, 0.15) is 18.6 Å². The van der Waals surface area contributed by atoms with Crippen molar-refractivity contribution < 1.29 is 41.4 Å². The molecule has 1 aliphatic rings. The van der Waals surface area contributed by atoms with Crippen LogP contribution in [0, 0.1) is 35.6 Å². The first kappa shape index (κ1) is 19.0. The number of hydrogen-bond acceptors (Lipinski definition) is 5. The van der Waals surface area contributed by atoms with Crippen molar-refractivity contribution in [2.45, 2.75) is 33.1 Å². The number of hydrogen-bond donors (Lipinski definition) is 0. The smallest absolute Gasteiger partial charge is 0.433 e. The molecule has 25 heavy (non-hydrogen) atoms. The third kappa shape index (κ3) is 3.54. The van der Waals surface area contributed by atoms with Crippen molar-refractivity contribution in [1.29, 1.82) is 0 Å². The minimum Gasteiger partial charge on any atom is -0.433 e. The van der Waals surface area contributed by atoms with Crippen LogP contribution >= 0.6 is 0 Å². The van der Waals surface area contributed by atoms with Crippen LogP contribution in [0.15, 0.2) is 0 Å². The van der Waals surface area contributed by atoms with E-state index in [4.69, 9.17) is 14.2 Å². The fraction of sp³-hybridized carbons (Fsp3) is 0.500. The Balaban J connectivity index is 2.35. The second-order valence-corrected chi connectivity index (χ2v) is 5.81. The van der Waals surface area contributed by atoms with E-state index in [0.29, 0.717) is 12.8 Å². The summed E-state index contributed by atoms with van der Waals surface area (Å²) in [7, 11) is 0. The summed E-state index contributed by atoms with van der Waals surface area (Å²) in [5, 5.41) is 0. The van der Waals surface area contributed by atoms with Gasteiger partial charge in [-0.2, -0.15) is 4.39 Å². The molecule has 1 aromatic rings. The lowest BCUT2D eigenvalue weighted by Crippen LogP contribution is -2.47. The Labute approximate surface area is 140 Å². The largest absolute Gasteiger partial charge is 0.508 e. The third-order valence-corrected chi connectivity index (χ3v) is 4.01. The molecule has 9 heteroatoms. The molecule has 0 aromatic heterocycles. The molecular weight excluding hydrogens is 348 g/mol. The van der Waals surface area contributed by atoms with Gasteiger partial charge in [-0.05, 0) is 13.3 Å². The Hall–Kier alpha value is -2.32. The van der Waals surface area contributed by atoms with Gasteiger partial charge in [0.2, 0.25) is 11.6 Å². The molecule has 0 radical (unpaired) electrons. The van der Waals surface area contributed by atoms with E-state index in [9.17, 15) is 27.2 Å². The highest BCUT2D eigenvalue weighted by atomic mass is 19.2.